The molecule has 0 aliphatic rings. The lowest BCUT2D eigenvalue weighted by atomic mass is 10.2. The second-order valence-electron chi connectivity index (χ2n) is 4.03. The van der Waals surface area contributed by atoms with Gasteiger partial charge in [0.1, 0.15) is 6.04 Å². The first-order valence-electron chi connectivity index (χ1n) is 4.36. The molecular weight excluding hydrogens is 206 g/mol. The fourth-order valence-corrected chi connectivity index (χ4v) is 1.67. The van der Waals surface area contributed by atoms with Crippen molar-refractivity contribution in [1.82, 2.24) is 4.72 Å². The molecule has 0 aromatic carbocycles. The summed E-state index contributed by atoms with van der Waals surface area (Å²) in [6.45, 7) is 6.17. The molecular formula is C8H17NO4S. The van der Waals surface area contributed by atoms with Crippen molar-refractivity contribution in [3.8, 4) is 0 Å². The van der Waals surface area contributed by atoms with Crippen LogP contribution in [-0.4, -0.2) is 30.3 Å². The zero-order valence-electron chi connectivity index (χ0n) is 8.86. The number of carbonyl (C=O) groups is 1. The first kappa shape index (κ1) is 13.4. The first-order chi connectivity index (χ1) is 6.12. The molecule has 0 aromatic heterocycles. The summed E-state index contributed by atoms with van der Waals surface area (Å²) in [6, 6.07) is -1.04. The normalized spacial score (nSPS) is 15.1. The Bertz CT molecular complexity index is 302. The molecule has 0 amide bonds. The Morgan fingerprint density at radius 3 is 2.07 bits per heavy atom. The highest BCUT2D eigenvalue weighted by Gasteiger charge is 2.32. The van der Waals surface area contributed by atoms with Crippen molar-refractivity contribution in [3.05, 3.63) is 0 Å². The molecule has 2 N–H and O–H groups in total. The van der Waals surface area contributed by atoms with E-state index in [1.807, 2.05) is 0 Å². The van der Waals surface area contributed by atoms with Gasteiger partial charge in [-0.2, -0.15) is 0 Å². The number of nitrogens with one attached hydrogen (secondary N) is 1. The predicted octanol–water partition coefficient (Wildman–Crippen LogP) is 0.567. The Morgan fingerprint density at radius 1 is 1.43 bits per heavy atom. The van der Waals surface area contributed by atoms with Crippen molar-refractivity contribution < 1.29 is 18.3 Å². The molecule has 0 aliphatic carbocycles. The van der Waals surface area contributed by atoms with Crippen LogP contribution < -0.4 is 4.72 Å². The van der Waals surface area contributed by atoms with E-state index in [0.29, 0.717) is 0 Å². The molecule has 0 unspecified atom stereocenters. The van der Waals surface area contributed by atoms with Crippen LogP contribution in [0, 0.1) is 0 Å². The maximum absolute atomic E-state index is 11.6. The van der Waals surface area contributed by atoms with Gasteiger partial charge < -0.3 is 5.11 Å². The number of carboxylic acids is 1. The van der Waals surface area contributed by atoms with Gasteiger partial charge in [0, 0.05) is 0 Å². The predicted molar refractivity (Wildman–Crippen MR) is 53.5 cm³/mol. The van der Waals surface area contributed by atoms with Crippen LogP contribution in [0.4, 0.5) is 0 Å². The summed E-state index contributed by atoms with van der Waals surface area (Å²) in [7, 11) is -3.58. The average molecular weight is 223 g/mol. The van der Waals surface area contributed by atoms with Gasteiger partial charge in [0.2, 0.25) is 10.0 Å². The second kappa shape index (κ2) is 4.27. The molecule has 1 atom stereocenters. The summed E-state index contributed by atoms with van der Waals surface area (Å²) >= 11 is 0. The van der Waals surface area contributed by atoms with Gasteiger partial charge >= 0.3 is 5.97 Å². The molecule has 14 heavy (non-hydrogen) atoms. The SMILES string of the molecule is CC[C@@H](NS(=O)(=O)C(C)(C)C)C(=O)O. The van der Waals surface area contributed by atoms with Crippen molar-refractivity contribution in [3.63, 3.8) is 0 Å². The lowest BCUT2D eigenvalue weighted by Gasteiger charge is -2.22. The molecule has 0 fully saturated rings. The number of sulfonamides is 1. The van der Waals surface area contributed by atoms with Gasteiger partial charge in [-0.05, 0) is 27.2 Å². The number of aliphatic carboxylic acids is 1. The van der Waals surface area contributed by atoms with Gasteiger partial charge in [-0.3, -0.25) is 4.79 Å². The van der Waals surface area contributed by atoms with Crippen molar-refractivity contribution >= 4 is 16.0 Å². The van der Waals surface area contributed by atoms with Crippen molar-refractivity contribution in [2.24, 2.45) is 0 Å². The van der Waals surface area contributed by atoms with Gasteiger partial charge in [-0.15, -0.1) is 0 Å². The van der Waals surface area contributed by atoms with E-state index in [-0.39, 0.29) is 6.42 Å². The smallest absolute Gasteiger partial charge is 0.321 e. The highest BCUT2D eigenvalue weighted by molar-refractivity contribution is 7.90. The van der Waals surface area contributed by atoms with E-state index >= 15 is 0 Å². The second-order valence-corrected chi connectivity index (χ2v) is 6.50. The first-order valence-corrected chi connectivity index (χ1v) is 5.85. The third-order valence-corrected chi connectivity index (χ3v) is 4.02. The summed E-state index contributed by atoms with van der Waals surface area (Å²) in [5.41, 5.74) is 0. The van der Waals surface area contributed by atoms with Crippen molar-refractivity contribution in [2.45, 2.75) is 44.9 Å². The molecule has 0 saturated heterocycles. The van der Waals surface area contributed by atoms with E-state index in [1.54, 1.807) is 6.92 Å². The molecule has 6 heteroatoms. The average Bonchev–Trinajstić information content (AvgIpc) is 1.97. The van der Waals surface area contributed by atoms with Gasteiger partial charge in [-0.25, -0.2) is 13.1 Å². The van der Waals surface area contributed by atoms with E-state index in [1.165, 1.54) is 20.8 Å². The Hall–Kier alpha value is -0.620. The van der Waals surface area contributed by atoms with Crippen LogP contribution in [0.2, 0.25) is 0 Å². The Morgan fingerprint density at radius 2 is 1.86 bits per heavy atom. The molecule has 0 saturated carbocycles. The molecule has 0 rings (SSSR count). The molecule has 0 radical (unpaired) electrons. The van der Waals surface area contributed by atoms with E-state index in [9.17, 15) is 13.2 Å². The van der Waals surface area contributed by atoms with Crippen LogP contribution in [0.3, 0.4) is 0 Å². The zero-order valence-corrected chi connectivity index (χ0v) is 9.68. The van der Waals surface area contributed by atoms with E-state index in [0.717, 1.165) is 0 Å². The van der Waals surface area contributed by atoms with E-state index in [2.05, 4.69) is 4.72 Å². The molecule has 0 heterocycles. The van der Waals surface area contributed by atoms with Crippen LogP contribution >= 0.6 is 0 Å². The van der Waals surface area contributed by atoms with Crippen LogP contribution in [0.1, 0.15) is 34.1 Å². The highest BCUT2D eigenvalue weighted by atomic mass is 32.2. The van der Waals surface area contributed by atoms with Crippen LogP contribution in [0.5, 0.6) is 0 Å². The Balaban J connectivity index is 4.75. The third kappa shape index (κ3) is 3.26. The van der Waals surface area contributed by atoms with Crippen LogP contribution in [-0.2, 0) is 14.8 Å². The van der Waals surface area contributed by atoms with Gasteiger partial charge in [-0.1, -0.05) is 6.92 Å². The Labute approximate surface area is 84.6 Å². The number of carboxylic acid groups (broad SMARTS) is 1. The summed E-state index contributed by atoms with van der Waals surface area (Å²) in [5, 5.41) is 8.68. The summed E-state index contributed by atoms with van der Waals surface area (Å²) in [5.74, 6) is -1.15. The largest absolute Gasteiger partial charge is 0.480 e. The highest BCUT2D eigenvalue weighted by Crippen LogP contribution is 2.14. The fourth-order valence-electron chi connectivity index (χ4n) is 0.672. The summed E-state index contributed by atoms with van der Waals surface area (Å²) in [4.78, 5) is 10.6. The van der Waals surface area contributed by atoms with E-state index in [4.69, 9.17) is 5.11 Å². The van der Waals surface area contributed by atoms with Crippen LogP contribution in [0.25, 0.3) is 0 Å². The fraction of sp³-hybridized carbons (Fsp3) is 0.875. The molecule has 0 aliphatic heterocycles. The molecule has 84 valence electrons. The lowest BCUT2D eigenvalue weighted by Crippen LogP contribution is -2.47. The van der Waals surface area contributed by atoms with Gasteiger partial charge in [0.05, 0.1) is 4.75 Å². The van der Waals surface area contributed by atoms with Gasteiger partial charge in [0.15, 0.2) is 0 Å². The quantitative estimate of drug-likeness (QED) is 0.729. The van der Waals surface area contributed by atoms with Crippen LogP contribution in [0.15, 0.2) is 0 Å². The third-order valence-electron chi connectivity index (χ3n) is 1.81. The minimum Gasteiger partial charge on any atom is -0.480 e. The van der Waals surface area contributed by atoms with Gasteiger partial charge in [0.25, 0.3) is 0 Å². The molecule has 0 aromatic rings. The maximum atomic E-state index is 11.6. The maximum Gasteiger partial charge on any atom is 0.321 e. The summed E-state index contributed by atoms with van der Waals surface area (Å²) in [6.07, 6.45) is 0.227. The topological polar surface area (TPSA) is 83.5 Å². The standard InChI is InChI=1S/C8H17NO4S/c1-5-6(7(10)11)9-14(12,13)8(2,3)4/h6,9H,5H2,1-4H3,(H,10,11)/t6-/m1/s1. The van der Waals surface area contributed by atoms with E-state index < -0.39 is 26.8 Å². The molecule has 0 spiro atoms. The Kier molecular flexibility index (Phi) is 4.08. The number of hydrogen-bond acceptors (Lipinski definition) is 3. The minimum absolute atomic E-state index is 0.227. The number of hydrogen-bond donors (Lipinski definition) is 2. The van der Waals surface area contributed by atoms with Crippen molar-refractivity contribution in [2.75, 3.05) is 0 Å². The minimum atomic E-state index is -3.58. The summed E-state index contributed by atoms with van der Waals surface area (Å²) < 4.78 is 24.3. The molecule has 0 bridgehead atoms. The lowest BCUT2D eigenvalue weighted by molar-refractivity contribution is -0.139. The monoisotopic (exact) mass is 223 g/mol. The molecule has 5 nitrogen and oxygen atoms in total. The van der Waals surface area contributed by atoms with Crippen molar-refractivity contribution in [1.29, 1.82) is 0 Å². The zero-order chi connectivity index (χ0) is 11.6. The number of rotatable bonds is 4.